The molecule has 1 aliphatic carbocycles. The fourth-order valence-electron chi connectivity index (χ4n) is 3.03. The SMILES string of the molecule is CCOC(=O)c1c[nH]c2c(-c3cc(F)c(OC(F)F)cc3OCC3CC3)ncnc12. The molecule has 4 rings (SSSR count). The molecular formula is C20H18F3N3O4. The monoisotopic (exact) mass is 421 g/mol. The van der Waals surface area contributed by atoms with Crippen LogP contribution in [0.4, 0.5) is 13.2 Å². The maximum absolute atomic E-state index is 14.5. The van der Waals surface area contributed by atoms with Crippen LogP contribution in [0, 0.1) is 11.7 Å². The molecular weight excluding hydrogens is 403 g/mol. The molecule has 0 spiro atoms. The molecule has 0 unspecified atom stereocenters. The molecule has 10 heteroatoms. The molecule has 0 bridgehead atoms. The van der Waals surface area contributed by atoms with Gasteiger partial charge in [-0.3, -0.25) is 0 Å². The molecule has 1 saturated carbocycles. The van der Waals surface area contributed by atoms with Gasteiger partial charge in [0.2, 0.25) is 0 Å². The average Bonchev–Trinajstić information content (AvgIpc) is 3.44. The molecule has 0 atom stereocenters. The zero-order valence-electron chi connectivity index (χ0n) is 16.0. The van der Waals surface area contributed by atoms with Crippen molar-refractivity contribution in [2.24, 2.45) is 5.92 Å². The third-order valence-corrected chi connectivity index (χ3v) is 4.64. The van der Waals surface area contributed by atoms with Gasteiger partial charge in [0.05, 0.1) is 18.7 Å². The maximum atomic E-state index is 14.5. The third kappa shape index (κ3) is 4.03. The fourth-order valence-corrected chi connectivity index (χ4v) is 3.03. The summed E-state index contributed by atoms with van der Waals surface area (Å²) in [7, 11) is 0. The average molecular weight is 421 g/mol. The summed E-state index contributed by atoms with van der Waals surface area (Å²) in [5.41, 5.74) is 1.33. The van der Waals surface area contributed by atoms with E-state index in [4.69, 9.17) is 9.47 Å². The Bertz CT molecular complexity index is 1080. The van der Waals surface area contributed by atoms with Gasteiger partial charge in [-0.2, -0.15) is 8.78 Å². The fraction of sp³-hybridized carbons (Fsp3) is 0.350. The van der Waals surface area contributed by atoms with Gasteiger partial charge in [0.15, 0.2) is 11.6 Å². The molecule has 1 fully saturated rings. The van der Waals surface area contributed by atoms with E-state index in [2.05, 4.69) is 19.7 Å². The lowest BCUT2D eigenvalue weighted by atomic mass is 10.1. The Kier molecular flexibility index (Phi) is 5.47. The van der Waals surface area contributed by atoms with Crippen LogP contribution < -0.4 is 9.47 Å². The smallest absolute Gasteiger partial charge is 0.387 e. The lowest BCUT2D eigenvalue weighted by Gasteiger charge is -2.14. The molecule has 0 aliphatic heterocycles. The number of carbonyl (C=O) groups excluding carboxylic acids is 1. The van der Waals surface area contributed by atoms with Crippen molar-refractivity contribution < 1.29 is 32.2 Å². The second-order valence-corrected chi connectivity index (χ2v) is 6.78. The van der Waals surface area contributed by atoms with Gasteiger partial charge in [-0.05, 0) is 31.7 Å². The summed E-state index contributed by atoms with van der Waals surface area (Å²) in [6.07, 6.45) is 4.67. The van der Waals surface area contributed by atoms with E-state index < -0.39 is 24.1 Å². The molecule has 2 heterocycles. The first-order chi connectivity index (χ1) is 14.5. The Morgan fingerprint density at radius 1 is 1.27 bits per heavy atom. The topological polar surface area (TPSA) is 86.3 Å². The van der Waals surface area contributed by atoms with Crippen molar-refractivity contribution in [3.8, 4) is 22.8 Å². The molecule has 7 nitrogen and oxygen atoms in total. The highest BCUT2D eigenvalue weighted by molar-refractivity contribution is 6.05. The van der Waals surface area contributed by atoms with Gasteiger partial charge in [0.25, 0.3) is 0 Å². The number of aromatic nitrogens is 3. The molecule has 1 aliphatic rings. The first-order valence-corrected chi connectivity index (χ1v) is 9.38. The minimum atomic E-state index is -3.18. The van der Waals surface area contributed by atoms with Gasteiger partial charge < -0.3 is 19.2 Å². The number of halogens is 3. The quantitative estimate of drug-likeness (QED) is 0.545. The maximum Gasteiger partial charge on any atom is 0.387 e. The number of alkyl halides is 2. The molecule has 1 N–H and O–H groups in total. The Morgan fingerprint density at radius 3 is 2.77 bits per heavy atom. The van der Waals surface area contributed by atoms with Crippen molar-refractivity contribution in [3.05, 3.63) is 36.0 Å². The number of aromatic amines is 1. The molecule has 158 valence electrons. The number of rotatable bonds is 8. The van der Waals surface area contributed by atoms with E-state index in [0.717, 1.165) is 25.0 Å². The Morgan fingerprint density at radius 2 is 2.07 bits per heavy atom. The van der Waals surface area contributed by atoms with E-state index in [9.17, 15) is 18.0 Å². The summed E-state index contributed by atoms with van der Waals surface area (Å²) in [5.74, 6) is -1.66. The number of esters is 1. The molecule has 2 aromatic heterocycles. The Hall–Kier alpha value is -3.30. The third-order valence-electron chi connectivity index (χ3n) is 4.64. The van der Waals surface area contributed by atoms with Crippen molar-refractivity contribution in [2.75, 3.05) is 13.2 Å². The van der Waals surface area contributed by atoms with E-state index >= 15 is 0 Å². The van der Waals surface area contributed by atoms with Crippen molar-refractivity contribution in [3.63, 3.8) is 0 Å². The number of nitrogens with zero attached hydrogens (tertiary/aromatic N) is 2. The number of benzene rings is 1. The van der Waals surface area contributed by atoms with Crippen LogP contribution in [0.3, 0.4) is 0 Å². The summed E-state index contributed by atoms with van der Waals surface area (Å²) in [4.78, 5) is 23.4. The van der Waals surface area contributed by atoms with E-state index in [1.807, 2.05) is 0 Å². The molecule has 0 saturated heterocycles. The summed E-state index contributed by atoms with van der Waals surface area (Å²) >= 11 is 0. The zero-order chi connectivity index (χ0) is 21.3. The van der Waals surface area contributed by atoms with Crippen LogP contribution in [-0.2, 0) is 4.74 Å². The highest BCUT2D eigenvalue weighted by atomic mass is 19.3. The molecule has 0 radical (unpaired) electrons. The standard InChI is InChI=1S/C20H18F3N3O4/c1-2-28-19(27)12-7-24-18-16(25-9-26-17(12)18)11-5-13(21)15(30-20(22)23)6-14(11)29-8-10-3-4-10/h5-7,9-10,20,24H,2-4,8H2,1H3. The number of ether oxygens (including phenoxy) is 3. The van der Waals surface area contributed by atoms with Gasteiger partial charge in [-0.25, -0.2) is 19.2 Å². The number of hydrogen-bond acceptors (Lipinski definition) is 6. The first-order valence-electron chi connectivity index (χ1n) is 9.38. The van der Waals surface area contributed by atoms with Gasteiger partial charge >= 0.3 is 12.6 Å². The molecule has 0 amide bonds. The van der Waals surface area contributed by atoms with Crippen molar-refractivity contribution >= 4 is 17.0 Å². The summed E-state index contributed by atoms with van der Waals surface area (Å²) < 4.78 is 54.8. The largest absolute Gasteiger partial charge is 0.492 e. The number of carbonyl (C=O) groups is 1. The summed E-state index contributed by atoms with van der Waals surface area (Å²) in [6, 6.07) is 2.11. The molecule has 30 heavy (non-hydrogen) atoms. The second-order valence-electron chi connectivity index (χ2n) is 6.78. The predicted molar refractivity (Wildman–Crippen MR) is 100 cm³/mol. The van der Waals surface area contributed by atoms with Gasteiger partial charge in [-0.1, -0.05) is 0 Å². The first kappa shape index (κ1) is 20.0. The predicted octanol–water partition coefficient (Wildman–Crippen LogP) is 4.33. The highest BCUT2D eigenvalue weighted by Crippen LogP contribution is 2.39. The molecule has 3 aromatic rings. The van der Waals surface area contributed by atoms with Crippen molar-refractivity contribution in [1.29, 1.82) is 0 Å². The van der Waals surface area contributed by atoms with Gasteiger partial charge in [0.1, 0.15) is 28.9 Å². The second kappa shape index (κ2) is 8.21. The van der Waals surface area contributed by atoms with Gasteiger partial charge in [0, 0.05) is 17.8 Å². The van der Waals surface area contributed by atoms with Gasteiger partial charge in [-0.15, -0.1) is 0 Å². The number of nitrogens with one attached hydrogen (secondary N) is 1. The number of fused-ring (bicyclic) bond motifs is 1. The van der Waals surface area contributed by atoms with Crippen LogP contribution in [0.5, 0.6) is 11.5 Å². The van der Waals surface area contributed by atoms with Crippen molar-refractivity contribution in [2.45, 2.75) is 26.4 Å². The normalized spacial score (nSPS) is 13.6. The zero-order valence-corrected chi connectivity index (χ0v) is 16.0. The number of hydrogen-bond donors (Lipinski definition) is 1. The van der Waals surface area contributed by atoms with Crippen LogP contribution >= 0.6 is 0 Å². The minimum absolute atomic E-state index is 0.145. The van der Waals surface area contributed by atoms with Crippen LogP contribution in [0.25, 0.3) is 22.3 Å². The van der Waals surface area contributed by atoms with E-state index in [1.165, 1.54) is 12.5 Å². The van der Waals surface area contributed by atoms with Crippen LogP contribution in [0.2, 0.25) is 0 Å². The van der Waals surface area contributed by atoms with Crippen LogP contribution in [0.15, 0.2) is 24.7 Å². The Labute approximate surface area is 169 Å². The Balaban J connectivity index is 1.81. The van der Waals surface area contributed by atoms with E-state index in [1.54, 1.807) is 6.92 Å². The highest BCUT2D eigenvalue weighted by Gasteiger charge is 2.25. The van der Waals surface area contributed by atoms with Crippen molar-refractivity contribution in [1.82, 2.24) is 15.0 Å². The summed E-state index contributed by atoms with van der Waals surface area (Å²) in [6.45, 7) is -0.940. The van der Waals surface area contributed by atoms with Crippen LogP contribution in [-0.4, -0.2) is 40.7 Å². The summed E-state index contributed by atoms with van der Waals surface area (Å²) in [5, 5.41) is 0. The lowest BCUT2D eigenvalue weighted by molar-refractivity contribution is -0.0522. The number of H-pyrrole nitrogens is 1. The van der Waals surface area contributed by atoms with Crippen LogP contribution in [0.1, 0.15) is 30.1 Å². The van der Waals surface area contributed by atoms with E-state index in [-0.39, 0.29) is 29.2 Å². The molecule has 1 aromatic carbocycles. The van der Waals surface area contributed by atoms with E-state index in [0.29, 0.717) is 23.6 Å². The minimum Gasteiger partial charge on any atom is -0.492 e. The lowest BCUT2D eigenvalue weighted by Crippen LogP contribution is -2.07.